The van der Waals surface area contributed by atoms with E-state index in [2.05, 4.69) is 6.08 Å². The van der Waals surface area contributed by atoms with E-state index in [4.69, 9.17) is 19.6 Å². The summed E-state index contributed by atoms with van der Waals surface area (Å²) in [6.45, 7) is 0. The zero-order chi connectivity index (χ0) is 14.4. The number of thioether (sulfide) groups is 1. The van der Waals surface area contributed by atoms with E-state index in [0.717, 1.165) is 34.0 Å². The highest BCUT2D eigenvalue weighted by Gasteiger charge is 2.57. The first-order valence-electron chi connectivity index (χ1n) is 6.65. The molecule has 1 aromatic carbocycles. The molecule has 2 heterocycles. The Bertz CT molecular complexity index is 687. The summed E-state index contributed by atoms with van der Waals surface area (Å²) in [5.74, 6) is -1.32. The van der Waals surface area contributed by atoms with Crippen molar-refractivity contribution in [3.05, 3.63) is 52.1 Å². The van der Waals surface area contributed by atoms with Gasteiger partial charge in [-0.05, 0) is 36.6 Å². The lowest BCUT2D eigenvalue weighted by atomic mass is 10.1. The first-order valence-corrected chi connectivity index (χ1v) is 7.46. The lowest BCUT2D eigenvalue weighted by Gasteiger charge is -2.13. The molecule has 1 aromatic rings. The van der Waals surface area contributed by atoms with Crippen LogP contribution < -0.4 is 0 Å². The fourth-order valence-electron chi connectivity index (χ4n) is 2.50. The van der Waals surface area contributed by atoms with Gasteiger partial charge in [0.05, 0.1) is 12.0 Å². The van der Waals surface area contributed by atoms with Crippen molar-refractivity contribution in [1.82, 2.24) is 0 Å². The molecule has 1 N–H and O–H groups in total. The molecule has 0 amide bonds. The predicted molar refractivity (Wildman–Crippen MR) is 74.0 cm³/mol. The molecule has 1 saturated heterocycles. The van der Waals surface area contributed by atoms with Gasteiger partial charge in [-0.2, -0.15) is 0 Å². The molecule has 0 unspecified atom stereocenters. The van der Waals surface area contributed by atoms with Crippen LogP contribution in [0.2, 0.25) is 0 Å². The van der Waals surface area contributed by atoms with Gasteiger partial charge in [0.1, 0.15) is 5.76 Å². The quantitative estimate of drug-likeness (QED) is 0.669. The van der Waals surface area contributed by atoms with Crippen molar-refractivity contribution in [2.45, 2.75) is 30.1 Å². The van der Waals surface area contributed by atoms with E-state index in [1.165, 1.54) is 0 Å². The normalized spacial score (nSPS) is 21.3. The van der Waals surface area contributed by atoms with E-state index < -0.39 is 11.9 Å². The van der Waals surface area contributed by atoms with Crippen LogP contribution in [-0.4, -0.2) is 11.1 Å². The molecule has 0 radical (unpaired) electrons. The summed E-state index contributed by atoms with van der Waals surface area (Å²) in [6.07, 6.45) is 5.85. The summed E-state index contributed by atoms with van der Waals surface area (Å²) in [6, 6.07) is 5.51. The molecule has 0 saturated carbocycles. The molecule has 0 bridgehead atoms. The Morgan fingerprint density at radius 3 is 3.00 bits per heavy atom. The van der Waals surface area contributed by atoms with Gasteiger partial charge in [-0.1, -0.05) is 23.9 Å². The van der Waals surface area contributed by atoms with Crippen LogP contribution in [0.1, 0.15) is 24.0 Å². The molecule has 108 valence electrons. The first-order chi connectivity index (χ1) is 10.2. The molecule has 5 nitrogen and oxygen atoms in total. The number of carboxylic acids is 1. The number of carbonyl (C=O) groups is 1. The SMILES string of the molecule is O=C(O)Cc1ccc2c(c1)C1(OO1)OC1=C(CCC=C1)S2. The lowest BCUT2D eigenvalue weighted by Crippen LogP contribution is -2.14. The number of fused-ring (bicyclic) bond motifs is 2. The fraction of sp³-hybridized carbons (Fsp3) is 0.267. The molecule has 1 aliphatic carbocycles. The summed E-state index contributed by atoms with van der Waals surface area (Å²) in [5, 5.41) is 8.92. The predicted octanol–water partition coefficient (Wildman–Crippen LogP) is 3.07. The molecule has 0 aromatic heterocycles. The minimum absolute atomic E-state index is 0.0406. The fourth-order valence-corrected chi connectivity index (χ4v) is 3.62. The number of benzene rings is 1. The van der Waals surface area contributed by atoms with Gasteiger partial charge < -0.3 is 9.84 Å². The third kappa shape index (κ3) is 2.25. The summed E-state index contributed by atoms with van der Waals surface area (Å²) in [5.41, 5.74) is 1.42. The zero-order valence-electron chi connectivity index (χ0n) is 11.0. The van der Waals surface area contributed by atoms with Crippen molar-refractivity contribution in [3.8, 4) is 0 Å². The third-order valence-electron chi connectivity index (χ3n) is 3.52. The molecule has 1 fully saturated rings. The van der Waals surface area contributed by atoms with Gasteiger partial charge in [0, 0.05) is 9.80 Å². The average molecular weight is 304 g/mol. The standard InChI is InChI=1S/C15H12O5S/c16-14(17)8-9-5-6-12-10(7-9)15(19-20-15)18-11-3-1-2-4-13(11)21-12/h1,3,5-7H,2,4,8H2,(H,16,17). The van der Waals surface area contributed by atoms with Crippen LogP contribution in [0, 0.1) is 0 Å². The van der Waals surface area contributed by atoms with Crippen LogP contribution in [0.15, 0.2) is 45.9 Å². The first kappa shape index (κ1) is 12.9. The highest BCUT2D eigenvalue weighted by Crippen LogP contribution is 2.53. The molecular formula is C15H12O5S. The minimum atomic E-state index is -1.21. The molecule has 0 atom stereocenters. The van der Waals surface area contributed by atoms with Gasteiger partial charge in [-0.15, -0.1) is 9.78 Å². The molecule has 2 aliphatic heterocycles. The smallest absolute Gasteiger partial charge is 0.411 e. The summed E-state index contributed by atoms with van der Waals surface area (Å²) >= 11 is 1.63. The van der Waals surface area contributed by atoms with E-state index in [0.29, 0.717) is 5.56 Å². The number of hydrogen-bond acceptors (Lipinski definition) is 5. The van der Waals surface area contributed by atoms with Gasteiger partial charge in [0.15, 0.2) is 0 Å². The van der Waals surface area contributed by atoms with Crippen molar-refractivity contribution < 1.29 is 24.4 Å². The van der Waals surface area contributed by atoms with Crippen molar-refractivity contribution in [2.24, 2.45) is 0 Å². The minimum Gasteiger partial charge on any atom is -0.481 e. The highest BCUT2D eigenvalue weighted by atomic mass is 32.2. The summed E-state index contributed by atoms with van der Waals surface area (Å²) in [4.78, 5) is 23.2. The Kier molecular flexibility index (Phi) is 2.85. The Morgan fingerprint density at radius 1 is 1.38 bits per heavy atom. The van der Waals surface area contributed by atoms with Crippen molar-refractivity contribution in [1.29, 1.82) is 0 Å². The van der Waals surface area contributed by atoms with Gasteiger partial charge in [0.2, 0.25) is 0 Å². The number of allylic oxidation sites excluding steroid dienone is 3. The Labute approximate surface area is 125 Å². The largest absolute Gasteiger partial charge is 0.481 e. The molecular weight excluding hydrogens is 292 g/mol. The molecule has 4 rings (SSSR count). The Morgan fingerprint density at radius 2 is 2.24 bits per heavy atom. The number of hydrogen-bond donors (Lipinski definition) is 1. The second-order valence-corrected chi connectivity index (χ2v) is 6.19. The van der Waals surface area contributed by atoms with Crippen LogP contribution in [0.25, 0.3) is 0 Å². The van der Waals surface area contributed by atoms with Crippen molar-refractivity contribution >= 4 is 17.7 Å². The Balaban J connectivity index is 1.77. The van der Waals surface area contributed by atoms with Crippen LogP contribution in [0.5, 0.6) is 0 Å². The average Bonchev–Trinajstić information content (AvgIpc) is 3.24. The van der Waals surface area contributed by atoms with Crippen molar-refractivity contribution in [3.63, 3.8) is 0 Å². The molecule has 21 heavy (non-hydrogen) atoms. The van der Waals surface area contributed by atoms with Gasteiger partial charge in [-0.25, -0.2) is 0 Å². The number of rotatable bonds is 2. The molecule has 1 spiro atoms. The van der Waals surface area contributed by atoms with E-state index in [9.17, 15) is 4.79 Å². The molecule has 3 aliphatic rings. The zero-order valence-corrected chi connectivity index (χ0v) is 11.8. The maximum Gasteiger partial charge on any atom is 0.411 e. The third-order valence-corrected chi connectivity index (χ3v) is 4.75. The Hall–Kier alpha value is -1.76. The van der Waals surface area contributed by atoms with Crippen LogP contribution in [0.3, 0.4) is 0 Å². The maximum absolute atomic E-state index is 10.9. The molecule has 6 heteroatoms. The topological polar surface area (TPSA) is 71.6 Å². The van der Waals surface area contributed by atoms with Crippen LogP contribution >= 0.6 is 11.8 Å². The highest BCUT2D eigenvalue weighted by molar-refractivity contribution is 8.03. The number of carboxylic acid groups (broad SMARTS) is 1. The van der Waals surface area contributed by atoms with E-state index in [-0.39, 0.29) is 6.42 Å². The van der Waals surface area contributed by atoms with Crippen molar-refractivity contribution in [2.75, 3.05) is 0 Å². The van der Waals surface area contributed by atoms with Gasteiger partial charge in [0.25, 0.3) is 0 Å². The van der Waals surface area contributed by atoms with Gasteiger partial charge >= 0.3 is 11.9 Å². The summed E-state index contributed by atoms with van der Waals surface area (Å²) < 4.78 is 5.88. The number of aliphatic carboxylic acids is 1. The van der Waals surface area contributed by atoms with E-state index in [1.54, 1.807) is 17.8 Å². The maximum atomic E-state index is 10.9. The second kappa shape index (κ2) is 4.62. The van der Waals surface area contributed by atoms with Gasteiger partial charge in [-0.3, -0.25) is 4.79 Å². The summed E-state index contributed by atoms with van der Waals surface area (Å²) in [7, 11) is 0. The van der Waals surface area contributed by atoms with Crippen LogP contribution in [-0.2, 0) is 31.7 Å². The van der Waals surface area contributed by atoms with E-state index in [1.807, 2.05) is 18.2 Å². The lowest BCUT2D eigenvalue weighted by molar-refractivity contribution is -0.136. The monoisotopic (exact) mass is 304 g/mol. The van der Waals surface area contributed by atoms with Crippen LogP contribution in [0.4, 0.5) is 0 Å². The van der Waals surface area contributed by atoms with E-state index >= 15 is 0 Å². The number of ether oxygens (including phenoxy) is 1. The second-order valence-electron chi connectivity index (χ2n) is 5.06.